The van der Waals surface area contributed by atoms with Crippen molar-refractivity contribution in [1.82, 2.24) is 0 Å². The number of benzene rings is 1. The molecular weight excluding hydrogens is 236 g/mol. The van der Waals surface area contributed by atoms with Gasteiger partial charge >= 0.3 is 0 Å². The number of rotatable bonds is 3. The Hall–Kier alpha value is -1.82. The molecule has 0 fully saturated rings. The monoisotopic (exact) mass is 258 g/mol. The van der Waals surface area contributed by atoms with Crippen LogP contribution >= 0.6 is 0 Å². The first-order valence-electron chi connectivity index (χ1n) is 6.59. The summed E-state index contributed by atoms with van der Waals surface area (Å²) in [7, 11) is 1.72. The van der Waals surface area contributed by atoms with Gasteiger partial charge in [-0.15, -0.1) is 0 Å². The minimum absolute atomic E-state index is 0.0969. The van der Waals surface area contributed by atoms with Crippen LogP contribution in [0.2, 0.25) is 0 Å². The highest BCUT2D eigenvalue weighted by molar-refractivity contribution is 5.95. The molecule has 1 aromatic carbocycles. The number of anilines is 1. The Balaban J connectivity index is 2.93. The predicted octanol–water partition coefficient (Wildman–Crippen LogP) is 3.50. The zero-order chi connectivity index (χ0) is 14.6. The second kappa shape index (κ2) is 5.88. The van der Waals surface area contributed by atoms with E-state index in [9.17, 15) is 4.79 Å². The van der Waals surface area contributed by atoms with Gasteiger partial charge in [0.25, 0.3) is 0 Å². The van der Waals surface area contributed by atoms with Crippen molar-refractivity contribution < 1.29 is 4.79 Å². The van der Waals surface area contributed by atoms with Gasteiger partial charge in [-0.2, -0.15) is 5.26 Å². The van der Waals surface area contributed by atoms with Crippen molar-refractivity contribution in [2.75, 3.05) is 11.9 Å². The molecule has 1 rings (SSSR count). The van der Waals surface area contributed by atoms with E-state index < -0.39 is 5.92 Å². The normalized spacial score (nSPS) is 12.6. The second-order valence-corrected chi connectivity index (χ2v) is 5.78. The van der Waals surface area contributed by atoms with E-state index in [2.05, 4.69) is 20.8 Å². The average molecular weight is 258 g/mol. The number of nitrogens with zero attached hydrogens (tertiary/aromatic N) is 2. The molecule has 3 heteroatoms. The van der Waals surface area contributed by atoms with Crippen LogP contribution in [0.4, 0.5) is 5.69 Å². The van der Waals surface area contributed by atoms with Gasteiger partial charge in [0, 0.05) is 12.7 Å². The zero-order valence-corrected chi connectivity index (χ0v) is 12.4. The summed E-state index contributed by atoms with van der Waals surface area (Å²) < 4.78 is 0. The molecule has 1 amide bonds. The highest BCUT2D eigenvalue weighted by Gasteiger charge is 2.21. The molecule has 19 heavy (non-hydrogen) atoms. The van der Waals surface area contributed by atoms with Gasteiger partial charge in [-0.3, -0.25) is 4.79 Å². The van der Waals surface area contributed by atoms with Crippen LogP contribution in [0.3, 0.4) is 0 Å². The Morgan fingerprint density at radius 2 is 1.84 bits per heavy atom. The molecule has 0 saturated carbocycles. The first-order chi connectivity index (χ1) is 8.81. The first kappa shape index (κ1) is 15.2. The lowest BCUT2D eigenvalue weighted by Crippen LogP contribution is -2.32. The molecule has 1 atom stereocenters. The SMILES string of the molecule is CCC(C#N)C(=O)N(C)c1ccc(C(C)(C)C)cc1. The molecule has 1 unspecified atom stereocenters. The van der Waals surface area contributed by atoms with Crippen LogP contribution in [-0.2, 0) is 10.2 Å². The molecule has 3 nitrogen and oxygen atoms in total. The molecule has 0 heterocycles. The Kier molecular flexibility index (Phi) is 4.72. The Morgan fingerprint density at radius 3 is 2.21 bits per heavy atom. The third-order valence-electron chi connectivity index (χ3n) is 3.31. The van der Waals surface area contributed by atoms with E-state index in [1.54, 1.807) is 11.9 Å². The third kappa shape index (κ3) is 3.57. The van der Waals surface area contributed by atoms with Crippen molar-refractivity contribution in [1.29, 1.82) is 5.26 Å². The summed E-state index contributed by atoms with van der Waals surface area (Å²) in [6.45, 7) is 8.31. The second-order valence-electron chi connectivity index (χ2n) is 5.78. The molecule has 0 aliphatic carbocycles. The van der Waals surface area contributed by atoms with Crippen LogP contribution < -0.4 is 4.90 Å². The topological polar surface area (TPSA) is 44.1 Å². The van der Waals surface area contributed by atoms with Crippen LogP contribution in [0.5, 0.6) is 0 Å². The van der Waals surface area contributed by atoms with Crippen molar-refractivity contribution in [3.8, 4) is 6.07 Å². The Labute approximate surface area is 115 Å². The highest BCUT2D eigenvalue weighted by Crippen LogP contribution is 2.25. The number of hydrogen-bond donors (Lipinski definition) is 0. The lowest BCUT2D eigenvalue weighted by molar-refractivity contribution is -0.120. The maximum Gasteiger partial charge on any atom is 0.244 e. The van der Waals surface area contributed by atoms with Crippen LogP contribution in [0, 0.1) is 17.2 Å². The molecule has 0 N–H and O–H groups in total. The molecule has 0 saturated heterocycles. The molecule has 0 aliphatic heterocycles. The molecule has 1 aromatic rings. The highest BCUT2D eigenvalue weighted by atomic mass is 16.2. The molecule has 0 bridgehead atoms. The van der Waals surface area contributed by atoms with Crippen molar-refractivity contribution >= 4 is 11.6 Å². The minimum Gasteiger partial charge on any atom is -0.314 e. The Bertz CT molecular complexity index is 477. The summed E-state index contributed by atoms with van der Waals surface area (Å²) >= 11 is 0. The standard InChI is InChI=1S/C16H22N2O/c1-6-12(11-17)15(19)18(5)14-9-7-13(8-10-14)16(2,3)4/h7-10,12H,6H2,1-5H3. The Morgan fingerprint density at radius 1 is 1.32 bits per heavy atom. The maximum absolute atomic E-state index is 12.1. The lowest BCUT2D eigenvalue weighted by Gasteiger charge is -2.22. The van der Waals surface area contributed by atoms with Crippen molar-refractivity contribution in [2.45, 2.75) is 39.5 Å². The van der Waals surface area contributed by atoms with Gasteiger partial charge in [0.15, 0.2) is 0 Å². The maximum atomic E-state index is 12.1. The van der Waals surface area contributed by atoms with Gasteiger partial charge in [-0.1, -0.05) is 39.8 Å². The summed E-state index contributed by atoms with van der Waals surface area (Å²) in [5, 5.41) is 8.95. The summed E-state index contributed by atoms with van der Waals surface area (Å²) in [6.07, 6.45) is 0.541. The summed E-state index contributed by atoms with van der Waals surface area (Å²) in [4.78, 5) is 13.7. The number of amides is 1. The van der Waals surface area contributed by atoms with E-state index in [0.29, 0.717) is 6.42 Å². The van der Waals surface area contributed by atoms with Crippen LogP contribution in [0.15, 0.2) is 24.3 Å². The van der Waals surface area contributed by atoms with E-state index >= 15 is 0 Å². The third-order valence-corrected chi connectivity index (χ3v) is 3.31. The summed E-state index contributed by atoms with van der Waals surface area (Å²) in [5.41, 5.74) is 2.15. The van der Waals surface area contributed by atoms with Gasteiger partial charge in [0.2, 0.25) is 5.91 Å². The number of nitriles is 1. The molecule has 0 spiro atoms. The first-order valence-corrected chi connectivity index (χ1v) is 6.59. The van der Waals surface area contributed by atoms with E-state index in [4.69, 9.17) is 5.26 Å². The van der Waals surface area contributed by atoms with E-state index in [1.165, 1.54) is 5.56 Å². The minimum atomic E-state index is -0.563. The molecule has 0 radical (unpaired) electrons. The summed E-state index contributed by atoms with van der Waals surface area (Å²) in [5.74, 6) is -0.708. The average Bonchev–Trinajstić information content (AvgIpc) is 2.38. The predicted molar refractivity (Wildman–Crippen MR) is 77.9 cm³/mol. The molecule has 0 aromatic heterocycles. The quantitative estimate of drug-likeness (QED) is 0.833. The van der Waals surface area contributed by atoms with Gasteiger partial charge in [-0.05, 0) is 29.5 Å². The smallest absolute Gasteiger partial charge is 0.244 e. The molecule has 0 aliphatic rings. The molecular formula is C16H22N2O. The van der Waals surface area contributed by atoms with Crippen molar-refractivity contribution in [3.63, 3.8) is 0 Å². The summed E-state index contributed by atoms with van der Waals surface area (Å²) in [6, 6.07) is 9.98. The van der Waals surface area contributed by atoms with Gasteiger partial charge in [-0.25, -0.2) is 0 Å². The van der Waals surface area contributed by atoms with Gasteiger partial charge < -0.3 is 4.90 Å². The van der Waals surface area contributed by atoms with Crippen LogP contribution in [0.25, 0.3) is 0 Å². The van der Waals surface area contributed by atoms with E-state index in [0.717, 1.165) is 5.69 Å². The van der Waals surface area contributed by atoms with Crippen LogP contribution in [0.1, 0.15) is 39.7 Å². The molecule has 102 valence electrons. The number of carbonyl (C=O) groups excluding carboxylic acids is 1. The largest absolute Gasteiger partial charge is 0.314 e. The number of hydrogen-bond acceptors (Lipinski definition) is 2. The van der Waals surface area contributed by atoms with Crippen molar-refractivity contribution in [3.05, 3.63) is 29.8 Å². The van der Waals surface area contributed by atoms with E-state index in [1.807, 2.05) is 37.3 Å². The fraction of sp³-hybridized carbons (Fsp3) is 0.500. The fourth-order valence-corrected chi connectivity index (χ4v) is 1.87. The number of carbonyl (C=O) groups is 1. The zero-order valence-electron chi connectivity index (χ0n) is 12.4. The van der Waals surface area contributed by atoms with Gasteiger partial charge in [0.1, 0.15) is 5.92 Å². The fourth-order valence-electron chi connectivity index (χ4n) is 1.87. The lowest BCUT2D eigenvalue weighted by atomic mass is 9.87. The van der Waals surface area contributed by atoms with Crippen LogP contribution in [-0.4, -0.2) is 13.0 Å². The van der Waals surface area contributed by atoms with Crippen molar-refractivity contribution in [2.24, 2.45) is 5.92 Å². The van der Waals surface area contributed by atoms with Gasteiger partial charge in [0.05, 0.1) is 6.07 Å². The van der Waals surface area contributed by atoms with E-state index in [-0.39, 0.29) is 11.3 Å².